The van der Waals surface area contributed by atoms with Crippen molar-refractivity contribution in [1.29, 1.82) is 0 Å². The predicted molar refractivity (Wildman–Crippen MR) is 62.2 cm³/mol. The maximum atomic E-state index is 11.6. The Morgan fingerprint density at radius 3 is 2.71 bits per heavy atom. The van der Waals surface area contributed by atoms with E-state index in [0.29, 0.717) is 5.02 Å². The van der Waals surface area contributed by atoms with Gasteiger partial charge in [-0.2, -0.15) is 0 Å². The molecule has 0 spiro atoms. The maximum Gasteiger partial charge on any atom is 0.308 e. The second-order valence-electron chi connectivity index (χ2n) is 3.61. The second-order valence-corrected chi connectivity index (χ2v) is 4.05. The summed E-state index contributed by atoms with van der Waals surface area (Å²) in [6.07, 6.45) is 0. The molecule has 1 aromatic carbocycles. The quantitative estimate of drug-likeness (QED) is 0.763. The Balaban J connectivity index is 2.70. The van der Waals surface area contributed by atoms with E-state index >= 15 is 0 Å². The molecule has 0 aliphatic rings. The molecule has 1 atom stereocenters. The molecule has 1 aromatic rings. The Labute approximate surface area is 103 Å². The maximum absolute atomic E-state index is 11.6. The first-order valence-electron chi connectivity index (χ1n) is 4.91. The molecule has 0 bridgehead atoms. The van der Waals surface area contributed by atoms with Crippen LogP contribution in [0, 0.1) is 5.92 Å². The van der Waals surface area contributed by atoms with Crippen LogP contribution in [0.2, 0.25) is 5.02 Å². The molecule has 0 fully saturated rings. The Bertz CT molecular complexity index is 447. The first-order chi connectivity index (χ1) is 7.91. The molecule has 1 rings (SSSR count). The fraction of sp³-hybridized carbons (Fsp3) is 0.273. The van der Waals surface area contributed by atoms with Gasteiger partial charge in [-0.3, -0.25) is 9.59 Å². The van der Waals surface area contributed by atoms with E-state index in [2.05, 4.69) is 5.32 Å². The van der Waals surface area contributed by atoms with Gasteiger partial charge >= 0.3 is 5.97 Å². The van der Waals surface area contributed by atoms with E-state index in [1.54, 1.807) is 0 Å². The van der Waals surface area contributed by atoms with Gasteiger partial charge in [0.15, 0.2) is 0 Å². The highest BCUT2D eigenvalue weighted by molar-refractivity contribution is 6.31. The number of phenolic OH excluding ortho intramolecular Hbond substituents is 1. The number of amides is 1. The Hall–Kier alpha value is -1.75. The number of phenols is 1. The Morgan fingerprint density at radius 1 is 1.47 bits per heavy atom. The van der Waals surface area contributed by atoms with Crippen LogP contribution in [-0.2, 0) is 4.79 Å². The number of benzene rings is 1. The number of aromatic hydroxyl groups is 1. The molecular weight excluding hydrogens is 246 g/mol. The summed E-state index contributed by atoms with van der Waals surface area (Å²) in [5, 5.41) is 20.8. The van der Waals surface area contributed by atoms with Gasteiger partial charge in [0.05, 0.1) is 11.5 Å². The first-order valence-corrected chi connectivity index (χ1v) is 5.29. The molecule has 1 unspecified atom stereocenters. The summed E-state index contributed by atoms with van der Waals surface area (Å²) in [7, 11) is 0. The number of hydrogen-bond acceptors (Lipinski definition) is 3. The highest BCUT2D eigenvalue weighted by Crippen LogP contribution is 2.21. The SMILES string of the molecule is CC(CNC(=O)c1cc(Cl)ccc1O)C(=O)O. The lowest BCUT2D eigenvalue weighted by Crippen LogP contribution is -2.31. The van der Waals surface area contributed by atoms with Crippen molar-refractivity contribution in [1.82, 2.24) is 5.32 Å². The van der Waals surface area contributed by atoms with Gasteiger partial charge in [-0.05, 0) is 18.2 Å². The third-order valence-electron chi connectivity index (χ3n) is 2.19. The predicted octanol–water partition coefficient (Wildman–Crippen LogP) is 1.50. The lowest BCUT2D eigenvalue weighted by atomic mass is 10.1. The van der Waals surface area contributed by atoms with Gasteiger partial charge in [-0.15, -0.1) is 0 Å². The van der Waals surface area contributed by atoms with Crippen LogP contribution in [0.4, 0.5) is 0 Å². The number of carbonyl (C=O) groups excluding carboxylic acids is 1. The molecular formula is C11H12ClNO4. The molecule has 0 aliphatic carbocycles. The van der Waals surface area contributed by atoms with Crippen LogP contribution in [0.15, 0.2) is 18.2 Å². The van der Waals surface area contributed by atoms with Crippen LogP contribution in [0.1, 0.15) is 17.3 Å². The van der Waals surface area contributed by atoms with Crippen LogP contribution < -0.4 is 5.32 Å². The van der Waals surface area contributed by atoms with Crippen molar-refractivity contribution in [2.75, 3.05) is 6.54 Å². The zero-order valence-corrected chi connectivity index (χ0v) is 9.86. The molecule has 0 aliphatic heterocycles. The van der Waals surface area contributed by atoms with Crippen molar-refractivity contribution >= 4 is 23.5 Å². The van der Waals surface area contributed by atoms with Gasteiger partial charge < -0.3 is 15.5 Å². The van der Waals surface area contributed by atoms with Gasteiger partial charge in [0.1, 0.15) is 5.75 Å². The van der Waals surface area contributed by atoms with Gasteiger partial charge in [0.2, 0.25) is 0 Å². The summed E-state index contributed by atoms with van der Waals surface area (Å²) in [4.78, 5) is 22.2. The van der Waals surface area contributed by atoms with E-state index in [9.17, 15) is 14.7 Å². The molecule has 0 heterocycles. The van der Waals surface area contributed by atoms with Crippen LogP contribution in [0.25, 0.3) is 0 Å². The number of halogens is 1. The minimum absolute atomic E-state index is 0.0138. The van der Waals surface area contributed by atoms with Crippen LogP contribution in [0.5, 0.6) is 5.75 Å². The van der Waals surface area contributed by atoms with E-state index in [1.165, 1.54) is 25.1 Å². The average Bonchev–Trinajstić information content (AvgIpc) is 2.28. The third kappa shape index (κ3) is 3.64. The van der Waals surface area contributed by atoms with Gasteiger partial charge in [-0.1, -0.05) is 18.5 Å². The molecule has 5 nitrogen and oxygen atoms in total. The third-order valence-corrected chi connectivity index (χ3v) is 2.43. The lowest BCUT2D eigenvalue weighted by Gasteiger charge is -2.09. The van der Waals surface area contributed by atoms with Crippen molar-refractivity contribution in [2.24, 2.45) is 5.92 Å². The van der Waals surface area contributed by atoms with E-state index in [0.717, 1.165) is 0 Å². The zero-order valence-electron chi connectivity index (χ0n) is 9.11. The van der Waals surface area contributed by atoms with E-state index in [1.807, 2.05) is 0 Å². The average molecular weight is 258 g/mol. The number of hydrogen-bond donors (Lipinski definition) is 3. The van der Waals surface area contributed by atoms with Gasteiger partial charge in [-0.25, -0.2) is 0 Å². The molecule has 92 valence electrons. The normalized spacial score (nSPS) is 11.9. The monoisotopic (exact) mass is 257 g/mol. The van der Waals surface area contributed by atoms with E-state index in [-0.39, 0.29) is 17.9 Å². The van der Waals surface area contributed by atoms with E-state index < -0.39 is 17.8 Å². The largest absolute Gasteiger partial charge is 0.507 e. The molecule has 1 amide bonds. The van der Waals surface area contributed by atoms with Gasteiger partial charge in [0, 0.05) is 11.6 Å². The van der Waals surface area contributed by atoms with Gasteiger partial charge in [0.25, 0.3) is 5.91 Å². The van der Waals surface area contributed by atoms with E-state index in [4.69, 9.17) is 16.7 Å². The Kier molecular flexibility index (Phi) is 4.34. The number of carbonyl (C=O) groups is 2. The summed E-state index contributed by atoms with van der Waals surface area (Å²) in [6.45, 7) is 1.46. The zero-order chi connectivity index (χ0) is 13.0. The van der Waals surface area contributed by atoms with Crippen molar-refractivity contribution in [3.05, 3.63) is 28.8 Å². The number of carboxylic acid groups (broad SMARTS) is 1. The summed E-state index contributed by atoms with van der Waals surface area (Å²) in [5.41, 5.74) is 0.0232. The molecule has 3 N–H and O–H groups in total. The number of aliphatic carboxylic acids is 1. The summed E-state index contributed by atoms with van der Waals surface area (Å²) >= 11 is 5.69. The fourth-order valence-corrected chi connectivity index (χ4v) is 1.29. The van der Waals surface area contributed by atoms with Crippen molar-refractivity contribution < 1.29 is 19.8 Å². The van der Waals surface area contributed by atoms with Crippen LogP contribution >= 0.6 is 11.6 Å². The molecule has 0 saturated carbocycles. The van der Waals surface area contributed by atoms with Crippen LogP contribution in [-0.4, -0.2) is 28.6 Å². The lowest BCUT2D eigenvalue weighted by molar-refractivity contribution is -0.140. The van der Waals surface area contributed by atoms with Crippen molar-refractivity contribution in [3.63, 3.8) is 0 Å². The smallest absolute Gasteiger partial charge is 0.308 e. The summed E-state index contributed by atoms with van der Waals surface area (Å²) in [6, 6.07) is 4.07. The molecule has 6 heteroatoms. The Morgan fingerprint density at radius 2 is 2.12 bits per heavy atom. The van der Waals surface area contributed by atoms with Crippen molar-refractivity contribution in [3.8, 4) is 5.75 Å². The number of rotatable bonds is 4. The fourth-order valence-electron chi connectivity index (χ4n) is 1.12. The highest BCUT2D eigenvalue weighted by atomic mass is 35.5. The summed E-state index contributed by atoms with van der Waals surface area (Å²) in [5.74, 6) is -2.45. The number of nitrogens with one attached hydrogen (secondary N) is 1. The minimum atomic E-state index is -0.999. The minimum Gasteiger partial charge on any atom is -0.507 e. The molecule has 0 saturated heterocycles. The second kappa shape index (κ2) is 5.54. The standard InChI is InChI=1S/C11H12ClNO4/c1-6(11(16)17)5-13-10(15)8-4-7(12)2-3-9(8)14/h2-4,6,14H,5H2,1H3,(H,13,15)(H,16,17). The molecule has 0 radical (unpaired) electrons. The van der Waals surface area contributed by atoms with Crippen molar-refractivity contribution in [2.45, 2.75) is 6.92 Å². The topological polar surface area (TPSA) is 86.6 Å². The van der Waals surface area contributed by atoms with Crippen LogP contribution in [0.3, 0.4) is 0 Å². The molecule has 17 heavy (non-hydrogen) atoms. The number of carboxylic acids is 1. The first kappa shape index (κ1) is 13.3. The highest BCUT2D eigenvalue weighted by Gasteiger charge is 2.15. The molecule has 0 aromatic heterocycles. The summed E-state index contributed by atoms with van der Waals surface area (Å²) < 4.78 is 0.